The number of carbonyl (C=O) groups is 1. The second kappa shape index (κ2) is 8.67. The highest BCUT2D eigenvalue weighted by atomic mass is 16.5. The topological polar surface area (TPSA) is 54.7 Å². The highest BCUT2D eigenvalue weighted by Gasteiger charge is 2.26. The molecular weight excluding hydrogens is 304 g/mol. The summed E-state index contributed by atoms with van der Waals surface area (Å²) in [5.41, 5.74) is 0. The van der Waals surface area contributed by atoms with E-state index in [1.807, 2.05) is 19.1 Å². The highest BCUT2D eigenvalue weighted by Crippen LogP contribution is 2.28. The number of rotatable bonds is 7. The van der Waals surface area contributed by atoms with Crippen molar-refractivity contribution in [3.05, 3.63) is 23.7 Å². The molecule has 2 heterocycles. The average molecular weight is 334 g/mol. The molecule has 5 heteroatoms. The summed E-state index contributed by atoms with van der Waals surface area (Å²) in [6, 6.07) is 4.11. The normalized spacial score (nSPS) is 21.0. The van der Waals surface area contributed by atoms with Crippen molar-refractivity contribution in [3.63, 3.8) is 0 Å². The van der Waals surface area contributed by atoms with Crippen LogP contribution in [-0.4, -0.2) is 43.7 Å². The fraction of sp³-hybridized carbons (Fsp3) is 0.737. The van der Waals surface area contributed by atoms with Crippen LogP contribution in [-0.2, 0) is 9.53 Å². The Kier molecular flexibility index (Phi) is 6.32. The van der Waals surface area contributed by atoms with E-state index >= 15 is 0 Å². The van der Waals surface area contributed by atoms with Gasteiger partial charge in [0.2, 0.25) is 5.91 Å². The van der Waals surface area contributed by atoms with E-state index in [9.17, 15) is 4.79 Å². The van der Waals surface area contributed by atoms with Gasteiger partial charge in [-0.2, -0.15) is 0 Å². The number of nitrogens with zero attached hydrogens (tertiary/aromatic N) is 1. The van der Waals surface area contributed by atoms with Gasteiger partial charge in [-0.3, -0.25) is 9.69 Å². The van der Waals surface area contributed by atoms with Crippen molar-refractivity contribution in [2.45, 2.75) is 51.5 Å². The Morgan fingerprint density at radius 1 is 1.29 bits per heavy atom. The maximum Gasteiger partial charge on any atom is 0.220 e. The first-order valence-corrected chi connectivity index (χ1v) is 9.37. The fourth-order valence-corrected chi connectivity index (χ4v) is 3.86. The molecule has 0 spiro atoms. The summed E-state index contributed by atoms with van der Waals surface area (Å²) in [5.74, 6) is 2.78. The molecule has 24 heavy (non-hydrogen) atoms. The molecule has 134 valence electrons. The SMILES string of the molecule is Cc1ccc([C@H](CNC(=O)CCC2CCCC2)N2CCOCC2)o1. The molecule has 5 nitrogen and oxygen atoms in total. The summed E-state index contributed by atoms with van der Waals surface area (Å²) in [5, 5.41) is 3.13. The van der Waals surface area contributed by atoms with E-state index in [1.54, 1.807) is 0 Å². The lowest BCUT2D eigenvalue weighted by Crippen LogP contribution is -2.43. The van der Waals surface area contributed by atoms with Crippen molar-refractivity contribution >= 4 is 5.91 Å². The van der Waals surface area contributed by atoms with Crippen molar-refractivity contribution in [2.75, 3.05) is 32.8 Å². The van der Waals surface area contributed by atoms with Crippen molar-refractivity contribution in [1.29, 1.82) is 0 Å². The summed E-state index contributed by atoms with van der Waals surface area (Å²) >= 11 is 0. The number of nitrogens with one attached hydrogen (secondary N) is 1. The minimum atomic E-state index is 0.0954. The number of amides is 1. The zero-order valence-electron chi connectivity index (χ0n) is 14.8. The Bertz CT molecular complexity index is 516. The Hall–Kier alpha value is -1.33. The summed E-state index contributed by atoms with van der Waals surface area (Å²) in [6.45, 7) is 5.80. The third kappa shape index (κ3) is 4.84. The molecule has 1 atom stereocenters. The minimum absolute atomic E-state index is 0.0954. The molecule has 3 rings (SSSR count). The number of morpholine rings is 1. The van der Waals surface area contributed by atoms with E-state index in [2.05, 4.69) is 10.2 Å². The second-order valence-electron chi connectivity index (χ2n) is 7.11. The van der Waals surface area contributed by atoms with Gasteiger partial charge in [0.25, 0.3) is 0 Å². The fourth-order valence-electron chi connectivity index (χ4n) is 3.86. The summed E-state index contributed by atoms with van der Waals surface area (Å²) in [6.07, 6.45) is 6.96. The zero-order chi connectivity index (χ0) is 16.8. The van der Waals surface area contributed by atoms with Crippen LogP contribution in [0.1, 0.15) is 56.1 Å². The van der Waals surface area contributed by atoms with Gasteiger partial charge in [0.15, 0.2) is 0 Å². The number of hydrogen-bond acceptors (Lipinski definition) is 4. The standard InChI is InChI=1S/C19H30N2O3/c1-15-6-8-18(24-15)17(21-10-12-23-13-11-21)14-20-19(22)9-7-16-4-2-3-5-16/h6,8,16-17H,2-5,7,9-14H2,1H3,(H,20,22)/t17-/m0/s1. The zero-order valence-corrected chi connectivity index (χ0v) is 14.8. The highest BCUT2D eigenvalue weighted by molar-refractivity contribution is 5.75. The van der Waals surface area contributed by atoms with Crippen LogP contribution >= 0.6 is 0 Å². The Balaban J connectivity index is 1.52. The summed E-state index contributed by atoms with van der Waals surface area (Å²) in [4.78, 5) is 14.6. The van der Waals surface area contributed by atoms with Gasteiger partial charge in [0.1, 0.15) is 11.5 Å². The lowest BCUT2D eigenvalue weighted by molar-refractivity contribution is -0.121. The Labute approximate surface area is 144 Å². The predicted octanol–water partition coefficient (Wildman–Crippen LogP) is 3.05. The average Bonchev–Trinajstić information content (AvgIpc) is 3.26. The first kappa shape index (κ1) is 17.5. The quantitative estimate of drug-likeness (QED) is 0.833. The first-order valence-electron chi connectivity index (χ1n) is 9.37. The van der Waals surface area contributed by atoms with E-state index in [-0.39, 0.29) is 11.9 Å². The van der Waals surface area contributed by atoms with Gasteiger partial charge in [0.05, 0.1) is 19.3 Å². The lowest BCUT2D eigenvalue weighted by atomic mass is 10.0. The Morgan fingerprint density at radius 3 is 2.71 bits per heavy atom. The van der Waals surface area contributed by atoms with Crippen LogP contribution in [0.5, 0.6) is 0 Å². The minimum Gasteiger partial charge on any atom is -0.465 e. The number of carbonyl (C=O) groups excluding carboxylic acids is 1. The smallest absolute Gasteiger partial charge is 0.220 e. The van der Waals surface area contributed by atoms with Gasteiger partial charge in [-0.25, -0.2) is 0 Å². The van der Waals surface area contributed by atoms with E-state index < -0.39 is 0 Å². The predicted molar refractivity (Wildman–Crippen MR) is 92.8 cm³/mol. The maximum atomic E-state index is 12.2. The van der Waals surface area contributed by atoms with Crippen LogP contribution in [0.3, 0.4) is 0 Å². The second-order valence-corrected chi connectivity index (χ2v) is 7.11. The molecule has 1 aliphatic carbocycles. The summed E-state index contributed by atoms with van der Waals surface area (Å²) < 4.78 is 11.3. The Morgan fingerprint density at radius 2 is 2.04 bits per heavy atom. The van der Waals surface area contributed by atoms with Crippen molar-refractivity contribution in [2.24, 2.45) is 5.92 Å². The van der Waals surface area contributed by atoms with Crippen molar-refractivity contribution in [3.8, 4) is 0 Å². The van der Waals surface area contributed by atoms with Gasteiger partial charge >= 0.3 is 0 Å². The van der Waals surface area contributed by atoms with Crippen LogP contribution < -0.4 is 5.32 Å². The number of furan rings is 1. The molecule has 2 aliphatic rings. The molecule has 2 fully saturated rings. The lowest BCUT2D eigenvalue weighted by Gasteiger charge is -2.33. The molecule has 1 aromatic rings. The van der Waals surface area contributed by atoms with E-state index in [4.69, 9.17) is 9.15 Å². The van der Waals surface area contributed by atoms with Crippen molar-refractivity contribution in [1.82, 2.24) is 10.2 Å². The molecular formula is C19H30N2O3. The van der Waals surface area contributed by atoms with Crippen LogP contribution in [0, 0.1) is 12.8 Å². The molecule has 1 saturated carbocycles. The third-order valence-corrected chi connectivity index (χ3v) is 5.32. The molecule has 1 amide bonds. The molecule has 0 aromatic carbocycles. The molecule has 1 N–H and O–H groups in total. The van der Waals surface area contributed by atoms with Crippen LogP contribution in [0.4, 0.5) is 0 Å². The summed E-state index contributed by atoms with van der Waals surface area (Å²) in [7, 11) is 0. The molecule has 1 aromatic heterocycles. The van der Waals surface area contributed by atoms with E-state index in [0.29, 0.717) is 13.0 Å². The number of hydrogen-bond donors (Lipinski definition) is 1. The van der Waals surface area contributed by atoms with Gasteiger partial charge in [-0.05, 0) is 31.4 Å². The van der Waals surface area contributed by atoms with Crippen LogP contribution in [0.25, 0.3) is 0 Å². The van der Waals surface area contributed by atoms with Gasteiger partial charge in [-0.15, -0.1) is 0 Å². The monoisotopic (exact) mass is 334 g/mol. The number of aryl methyl sites for hydroxylation is 1. The molecule has 1 saturated heterocycles. The van der Waals surface area contributed by atoms with Crippen LogP contribution in [0.2, 0.25) is 0 Å². The van der Waals surface area contributed by atoms with Crippen LogP contribution in [0.15, 0.2) is 16.5 Å². The largest absolute Gasteiger partial charge is 0.465 e. The van der Waals surface area contributed by atoms with E-state index in [0.717, 1.165) is 50.2 Å². The molecule has 0 unspecified atom stereocenters. The molecule has 0 bridgehead atoms. The van der Waals surface area contributed by atoms with E-state index in [1.165, 1.54) is 25.7 Å². The van der Waals surface area contributed by atoms with Crippen molar-refractivity contribution < 1.29 is 13.9 Å². The van der Waals surface area contributed by atoms with Gasteiger partial charge in [-0.1, -0.05) is 25.7 Å². The molecule has 1 aliphatic heterocycles. The third-order valence-electron chi connectivity index (χ3n) is 5.32. The van der Waals surface area contributed by atoms with Gasteiger partial charge < -0.3 is 14.5 Å². The molecule has 0 radical (unpaired) electrons. The first-order chi connectivity index (χ1) is 11.7. The number of ether oxygens (including phenoxy) is 1. The maximum absolute atomic E-state index is 12.2. The van der Waals surface area contributed by atoms with Gasteiger partial charge in [0, 0.05) is 26.1 Å².